The Hall–Kier alpha value is -1.86. The Kier molecular flexibility index (Phi) is 7.23. The number of nitrogens with one attached hydrogen (secondary N) is 2. The fraction of sp³-hybridized carbons (Fsp3) is 0.579. The van der Waals surface area contributed by atoms with Crippen molar-refractivity contribution < 1.29 is 9.53 Å². The van der Waals surface area contributed by atoms with Gasteiger partial charge in [0.15, 0.2) is 5.11 Å². The van der Waals surface area contributed by atoms with Crippen molar-refractivity contribution in [2.24, 2.45) is 11.7 Å². The van der Waals surface area contributed by atoms with E-state index in [0.29, 0.717) is 5.92 Å². The minimum absolute atomic E-state index is 0.205. The highest BCUT2D eigenvalue weighted by Gasteiger charge is 2.27. The van der Waals surface area contributed by atoms with Crippen LogP contribution in [0, 0.1) is 5.92 Å². The van der Waals surface area contributed by atoms with Crippen molar-refractivity contribution in [3.05, 3.63) is 29.8 Å². The Morgan fingerprint density at radius 2 is 2.04 bits per heavy atom. The maximum absolute atomic E-state index is 12.2. The molecule has 1 unspecified atom stereocenters. The molecule has 1 aliphatic heterocycles. The lowest BCUT2D eigenvalue weighted by molar-refractivity contribution is 0.0166. The highest BCUT2D eigenvalue weighted by Crippen LogP contribution is 2.19. The maximum Gasteiger partial charge on any atom is 0.410 e. The summed E-state index contributed by atoms with van der Waals surface area (Å²) in [6.07, 6.45) is 1.94. The second-order valence-electron chi connectivity index (χ2n) is 7.75. The van der Waals surface area contributed by atoms with E-state index in [9.17, 15) is 4.79 Å². The summed E-state index contributed by atoms with van der Waals surface area (Å²) >= 11 is 4.83. The first-order valence-electron chi connectivity index (χ1n) is 9.07. The third-order valence-electron chi connectivity index (χ3n) is 4.15. The lowest BCUT2D eigenvalue weighted by Gasteiger charge is -2.34. The molecule has 1 aromatic carbocycles. The number of piperidine rings is 1. The predicted molar refractivity (Wildman–Crippen MR) is 109 cm³/mol. The zero-order chi connectivity index (χ0) is 19.2. The van der Waals surface area contributed by atoms with E-state index in [1.807, 2.05) is 49.9 Å². The van der Waals surface area contributed by atoms with Gasteiger partial charge in [0.25, 0.3) is 0 Å². The summed E-state index contributed by atoms with van der Waals surface area (Å²) in [7, 11) is 0. The van der Waals surface area contributed by atoms with Crippen molar-refractivity contribution in [1.82, 2.24) is 10.2 Å². The second kappa shape index (κ2) is 9.19. The Labute approximate surface area is 161 Å². The smallest absolute Gasteiger partial charge is 0.410 e. The number of rotatable bonds is 5. The van der Waals surface area contributed by atoms with Gasteiger partial charge in [0.2, 0.25) is 0 Å². The molecule has 1 aromatic rings. The number of carbonyl (C=O) groups excluding carboxylic acids is 1. The average molecular weight is 379 g/mol. The van der Waals surface area contributed by atoms with E-state index in [0.717, 1.165) is 44.7 Å². The number of hydrogen-bond acceptors (Lipinski definition) is 4. The third-order valence-corrected chi connectivity index (χ3v) is 4.26. The lowest BCUT2D eigenvalue weighted by Crippen LogP contribution is -2.44. The van der Waals surface area contributed by atoms with Crippen LogP contribution >= 0.6 is 12.2 Å². The van der Waals surface area contributed by atoms with Gasteiger partial charge in [-0.3, -0.25) is 0 Å². The number of ether oxygens (including phenoxy) is 1. The number of carbonyl (C=O) groups is 1. The normalized spacial score (nSPS) is 17.7. The number of anilines is 1. The number of thiocarbonyl (C=S) groups is 1. The van der Waals surface area contributed by atoms with E-state index in [-0.39, 0.29) is 11.2 Å². The number of amides is 1. The molecule has 1 fully saturated rings. The van der Waals surface area contributed by atoms with Gasteiger partial charge in [-0.2, -0.15) is 0 Å². The van der Waals surface area contributed by atoms with Crippen molar-refractivity contribution in [3.63, 3.8) is 0 Å². The Morgan fingerprint density at radius 3 is 2.65 bits per heavy atom. The van der Waals surface area contributed by atoms with E-state index in [1.54, 1.807) is 0 Å². The predicted octanol–water partition coefficient (Wildman–Crippen LogP) is 3.08. The van der Waals surface area contributed by atoms with Crippen molar-refractivity contribution >= 4 is 29.1 Å². The molecule has 4 N–H and O–H groups in total. The third kappa shape index (κ3) is 7.17. The fourth-order valence-electron chi connectivity index (χ4n) is 2.99. The van der Waals surface area contributed by atoms with Crippen LogP contribution in [-0.2, 0) is 11.3 Å². The Balaban J connectivity index is 1.75. The number of nitrogens with zero attached hydrogens (tertiary/aromatic N) is 1. The number of hydrogen-bond donors (Lipinski definition) is 3. The highest BCUT2D eigenvalue weighted by atomic mass is 32.1. The van der Waals surface area contributed by atoms with E-state index >= 15 is 0 Å². The molecule has 26 heavy (non-hydrogen) atoms. The van der Waals surface area contributed by atoms with Gasteiger partial charge in [0, 0.05) is 25.3 Å². The summed E-state index contributed by atoms with van der Waals surface area (Å²) in [5.41, 5.74) is 7.10. The molecular weight excluding hydrogens is 348 g/mol. The molecule has 0 bridgehead atoms. The van der Waals surface area contributed by atoms with Gasteiger partial charge in [-0.1, -0.05) is 12.1 Å². The zero-order valence-electron chi connectivity index (χ0n) is 15.9. The molecule has 1 atom stereocenters. The van der Waals surface area contributed by atoms with E-state index in [2.05, 4.69) is 10.6 Å². The summed E-state index contributed by atoms with van der Waals surface area (Å²) in [5, 5.41) is 6.67. The van der Waals surface area contributed by atoms with Crippen LogP contribution in [0.1, 0.15) is 39.2 Å². The first kappa shape index (κ1) is 20.5. The van der Waals surface area contributed by atoms with E-state index < -0.39 is 5.60 Å². The van der Waals surface area contributed by atoms with Crippen LogP contribution in [-0.4, -0.2) is 41.3 Å². The van der Waals surface area contributed by atoms with Gasteiger partial charge in [-0.15, -0.1) is 0 Å². The molecule has 0 saturated carbocycles. The summed E-state index contributed by atoms with van der Waals surface area (Å²) < 4.78 is 5.48. The van der Waals surface area contributed by atoms with Crippen LogP contribution in [0.2, 0.25) is 0 Å². The lowest BCUT2D eigenvalue weighted by atomic mass is 9.98. The average Bonchev–Trinajstić information content (AvgIpc) is 2.55. The maximum atomic E-state index is 12.2. The molecule has 7 heteroatoms. The van der Waals surface area contributed by atoms with Gasteiger partial charge in [0.1, 0.15) is 5.60 Å². The summed E-state index contributed by atoms with van der Waals surface area (Å²) in [4.78, 5) is 14.1. The molecular formula is C19H30N4O2S. The van der Waals surface area contributed by atoms with Gasteiger partial charge in [0.05, 0.1) is 0 Å². The Morgan fingerprint density at radius 1 is 1.35 bits per heavy atom. The first-order chi connectivity index (χ1) is 12.2. The zero-order valence-corrected chi connectivity index (χ0v) is 16.7. The molecule has 0 aromatic heterocycles. The minimum Gasteiger partial charge on any atom is -0.444 e. The van der Waals surface area contributed by atoms with E-state index in [4.69, 9.17) is 22.7 Å². The molecule has 2 rings (SSSR count). The topological polar surface area (TPSA) is 79.6 Å². The molecule has 1 heterocycles. The standard InChI is InChI=1S/C19H30N4O2S/c1-19(2,3)25-18(24)23-10-4-5-15(13-23)12-21-11-14-6-8-16(9-7-14)22-17(20)26/h6-9,15,21H,4-5,10-13H2,1-3H3,(H3,20,22,26). The van der Waals surface area contributed by atoms with Crippen molar-refractivity contribution in [2.75, 3.05) is 25.0 Å². The SMILES string of the molecule is CC(C)(C)OC(=O)N1CCCC(CNCc2ccc(NC(N)=S)cc2)C1. The van der Waals surface area contributed by atoms with Crippen LogP contribution in [0.25, 0.3) is 0 Å². The number of likely N-dealkylation sites (tertiary alicyclic amines) is 1. The molecule has 6 nitrogen and oxygen atoms in total. The molecule has 1 saturated heterocycles. The van der Waals surface area contributed by atoms with Crippen molar-refractivity contribution in [1.29, 1.82) is 0 Å². The highest BCUT2D eigenvalue weighted by molar-refractivity contribution is 7.80. The second-order valence-corrected chi connectivity index (χ2v) is 8.19. The quantitative estimate of drug-likeness (QED) is 0.684. The molecule has 144 valence electrons. The van der Waals surface area contributed by atoms with Crippen LogP contribution in [0.3, 0.4) is 0 Å². The summed E-state index contributed by atoms with van der Waals surface area (Å²) in [6.45, 7) is 8.89. The molecule has 0 spiro atoms. The van der Waals surface area contributed by atoms with Gasteiger partial charge in [-0.05, 0) is 76.0 Å². The van der Waals surface area contributed by atoms with Crippen molar-refractivity contribution in [2.45, 2.75) is 45.8 Å². The van der Waals surface area contributed by atoms with Gasteiger partial charge >= 0.3 is 6.09 Å². The van der Waals surface area contributed by atoms with Crippen LogP contribution in [0.4, 0.5) is 10.5 Å². The van der Waals surface area contributed by atoms with Crippen LogP contribution in [0.15, 0.2) is 24.3 Å². The monoisotopic (exact) mass is 378 g/mol. The molecule has 0 aliphatic carbocycles. The summed E-state index contributed by atoms with van der Waals surface area (Å²) in [6, 6.07) is 8.00. The van der Waals surface area contributed by atoms with Gasteiger partial charge < -0.3 is 26.0 Å². The fourth-order valence-corrected chi connectivity index (χ4v) is 3.11. The minimum atomic E-state index is -0.447. The van der Waals surface area contributed by atoms with E-state index in [1.165, 1.54) is 5.56 Å². The molecule has 1 aliphatic rings. The molecule has 1 amide bonds. The number of nitrogens with two attached hydrogens (primary N) is 1. The first-order valence-corrected chi connectivity index (χ1v) is 9.48. The number of benzene rings is 1. The summed E-state index contributed by atoms with van der Waals surface area (Å²) in [5.74, 6) is 0.451. The largest absolute Gasteiger partial charge is 0.444 e. The van der Waals surface area contributed by atoms with Crippen molar-refractivity contribution in [3.8, 4) is 0 Å². The Bertz CT molecular complexity index is 613. The van der Waals surface area contributed by atoms with Gasteiger partial charge in [-0.25, -0.2) is 4.79 Å². The molecule has 0 radical (unpaired) electrons. The van der Waals surface area contributed by atoms with Crippen LogP contribution < -0.4 is 16.4 Å². The van der Waals surface area contributed by atoms with Crippen LogP contribution in [0.5, 0.6) is 0 Å².